The van der Waals surface area contributed by atoms with Crippen LogP contribution in [0, 0.1) is 0 Å². The van der Waals surface area contributed by atoms with Crippen LogP contribution in [0.4, 0.5) is 0 Å². The first-order valence-electron chi connectivity index (χ1n) is 12.3. The first kappa shape index (κ1) is 23.5. The third kappa shape index (κ3) is 6.01. The van der Waals surface area contributed by atoms with Crippen molar-refractivity contribution in [2.75, 3.05) is 0 Å². The van der Waals surface area contributed by atoms with Crippen LogP contribution in [0.5, 0.6) is 0 Å². The largest absolute Gasteiger partial charge is 0.295 e. The Morgan fingerprint density at radius 2 is 0.909 bits per heavy atom. The fourth-order valence-electron chi connectivity index (χ4n) is 4.64. The van der Waals surface area contributed by atoms with Crippen LogP contribution in [0.3, 0.4) is 0 Å². The fraction of sp³-hybridized carbons (Fsp3) is 0.300. The molecule has 0 radical (unpaired) electrons. The topological polar surface area (TPSA) is 29.4 Å². The number of hydrogen-bond acceptors (Lipinski definition) is 2. The minimum absolute atomic E-state index is 0.224. The number of benzene rings is 3. The summed E-state index contributed by atoms with van der Waals surface area (Å²) in [6.45, 7) is 0. The number of hydrogen-bond donors (Lipinski definition) is 0. The molecule has 3 aromatic rings. The van der Waals surface area contributed by atoms with E-state index in [0.29, 0.717) is 6.42 Å². The zero-order chi connectivity index (χ0) is 22.8. The van der Waals surface area contributed by atoms with Crippen LogP contribution in [0.25, 0.3) is 0 Å². The van der Waals surface area contributed by atoms with Gasteiger partial charge >= 0.3 is 0 Å². The van der Waals surface area contributed by atoms with E-state index < -0.39 is 7.05 Å². The van der Waals surface area contributed by atoms with Gasteiger partial charge in [0.25, 0.3) is 0 Å². The normalized spacial score (nSPS) is 17.8. The standard InChI is InChI=1S/C30H34NOP/c32-27-18-10-5-3-1-2-4-9-17-26(25-27)31-33(28-19-11-6-12-20-28,29-21-13-7-14-22-29)30-23-15-8-16-24-30/h6-8,11-16,19-25H,1-5,9-10,17-18H2/b26-25-. The third-order valence-corrected chi connectivity index (χ3v) is 10.0. The third-order valence-electron chi connectivity index (χ3n) is 6.35. The molecule has 0 fully saturated rings. The van der Waals surface area contributed by atoms with Crippen LogP contribution in [0.1, 0.15) is 57.8 Å². The zero-order valence-electron chi connectivity index (χ0n) is 19.4. The van der Waals surface area contributed by atoms with Crippen molar-refractivity contribution in [2.45, 2.75) is 57.8 Å². The molecule has 0 N–H and O–H groups in total. The molecular formula is C30H34NOP. The molecule has 0 amide bonds. The lowest BCUT2D eigenvalue weighted by Gasteiger charge is -2.27. The zero-order valence-corrected chi connectivity index (χ0v) is 20.3. The second kappa shape index (κ2) is 12.0. The Morgan fingerprint density at radius 1 is 0.515 bits per heavy atom. The van der Waals surface area contributed by atoms with Gasteiger partial charge < -0.3 is 0 Å². The Hall–Kier alpha value is -2.70. The van der Waals surface area contributed by atoms with Gasteiger partial charge in [0, 0.05) is 34.1 Å². The molecule has 0 bridgehead atoms. The molecule has 3 aromatic carbocycles. The molecule has 1 aliphatic rings. The van der Waals surface area contributed by atoms with Crippen molar-refractivity contribution < 1.29 is 4.79 Å². The van der Waals surface area contributed by atoms with Gasteiger partial charge in [0.2, 0.25) is 0 Å². The molecule has 0 heterocycles. The van der Waals surface area contributed by atoms with Gasteiger partial charge in [0.15, 0.2) is 5.78 Å². The summed E-state index contributed by atoms with van der Waals surface area (Å²) in [7, 11) is -2.32. The van der Waals surface area contributed by atoms with Gasteiger partial charge in [-0.3, -0.25) is 9.54 Å². The van der Waals surface area contributed by atoms with Crippen LogP contribution in [0.15, 0.2) is 108 Å². The fourth-order valence-corrected chi connectivity index (χ4v) is 8.24. The van der Waals surface area contributed by atoms with Gasteiger partial charge in [-0.05, 0) is 19.3 Å². The minimum Gasteiger partial charge on any atom is -0.295 e. The molecule has 1 aliphatic carbocycles. The smallest absolute Gasteiger partial charge is 0.157 e. The number of ketones is 1. The average Bonchev–Trinajstić information content (AvgIpc) is 2.86. The highest BCUT2D eigenvalue weighted by atomic mass is 31.2. The predicted molar refractivity (Wildman–Crippen MR) is 142 cm³/mol. The van der Waals surface area contributed by atoms with Crippen molar-refractivity contribution in [3.63, 3.8) is 0 Å². The Bertz CT molecular complexity index is 1000. The maximum absolute atomic E-state index is 12.9. The average molecular weight is 456 g/mol. The molecule has 0 saturated carbocycles. The van der Waals surface area contributed by atoms with Crippen molar-refractivity contribution in [1.29, 1.82) is 0 Å². The van der Waals surface area contributed by atoms with Crippen molar-refractivity contribution in [2.24, 2.45) is 4.74 Å². The molecule has 0 aliphatic heterocycles. The lowest BCUT2D eigenvalue weighted by molar-refractivity contribution is -0.114. The number of carbonyl (C=O) groups excluding carboxylic acids is 1. The van der Waals surface area contributed by atoms with E-state index in [0.717, 1.165) is 31.4 Å². The van der Waals surface area contributed by atoms with Crippen LogP contribution in [0.2, 0.25) is 0 Å². The summed E-state index contributed by atoms with van der Waals surface area (Å²) >= 11 is 0. The highest BCUT2D eigenvalue weighted by Crippen LogP contribution is 2.48. The van der Waals surface area contributed by atoms with Gasteiger partial charge in [-0.15, -0.1) is 0 Å². The summed E-state index contributed by atoms with van der Waals surface area (Å²) in [6, 6.07) is 32.0. The molecule has 0 saturated heterocycles. The van der Waals surface area contributed by atoms with Gasteiger partial charge in [-0.1, -0.05) is 123 Å². The quantitative estimate of drug-likeness (QED) is 0.384. The van der Waals surface area contributed by atoms with Crippen LogP contribution >= 0.6 is 7.05 Å². The number of allylic oxidation sites excluding steroid dienone is 2. The van der Waals surface area contributed by atoms with Crippen LogP contribution in [-0.2, 0) is 4.79 Å². The van der Waals surface area contributed by atoms with Crippen LogP contribution in [-0.4, -0.2) is 5.78 Å². The second-order valence-corrected chi connectivity index (χ2v) is 11.8. The van der Waals surface area contributed by atoms with E-state index in [4.69, 9.17) is 4.74 Å². The van der Waals surface area contributed by atoms with E-state index >= 15 is 0 Å². The SMILES string of the molecule is O=C1/C=C(\N=P(c2ccccc2)(c2ccccc2)c2ccccc2)CCCCCCCCC1. The Morgan fingerprint density at radius 3 is 1.36 bits per heavy atom. The first-order valence-corrected chi connectivity index (χ1v) is 14.1. The maximum Gasteiger partial charge on any atom is 0.157 e. The molecular weight excluding hydrogens is 421 g/mol. The molecule has 0 unspecified atom stereocenters. The number of carbonyl (C=O) groups is 1. The molecule has 0 aromatic heterocycles. The minimum atomic E-state index is -2.32. The van der Waals surface area contributed by atoms with Gasteiger partial charge in [0.05, 0.1) is 7.05 Å². The molecule has 2 nitrogen and oxygen atoms in total. The summed E-state index contributed by atoms with van der Waals surface area (Å²) < 4.78 is 5.61. The van der Waals surface area contributed by atoms with E-state index in [9.17, 15) is 4.79 Å². The Balaban J connectivity index is 1.94. The summed E-state index contributed by atoms with van der Waals surface area (Å²) in [5.41, 5.74) is 0.963. The number of nitrogens with zero attached hydrogens (tertiary/aromatic N) is 1. The summed E-state index contributed by atoms with van der Waals surface area (Å²) in [5.74, 6) is 0.224. The maximum atomic E-state index is 12.9. The van der Waals surface area contributed by atoms with Crippen LogP contribution < -0.4 is 15.9 Å². The summed E-state index contributed by atoms with van der Waals surface area (Å²) in [4.78, 5) is 12.9. The molecule has 3 heteroatoms. The van der Waals surface area contributed by atoms with Gasteiger partial charge in [0.1, 0.15) is 0 Å². The molecule has 0 atom stereocenters. The molecule has 33 heavy (non-hydrogen) atoms. The Kier molecular flexibility index (Phi) is 8.50. The summed E-state index contributed by atoms with van der Waals surface area (Å²) in [6.07, 6.45) is 11.6. The van der Waals surface area contributed by atoms with Crippen molar-refractivity contribution in [3.05, 3.63) is 103 Å². The highest BCUT2D eigenvalue weighted by molar-refractivity contribution is 7.87. The van der Waals surface area contributed by atoms with Crippen molar-refractivity contribution in [1.82, 2.24) is 0 Å². The predicted octanol–water partition coefficient (Wildman–Crippen LogP) is 7.14. The van der Waals surface area contributed by atoms with E-state index in [-0.39, 0.29) is 5.78 Å². The lowest BCUT2D eigenvalue weighted by atomic mass is 10.0. The van der Waals surface area contributed by atoms with E-state index in [1.54, 1.807) is 0 Å². The van der Waals surface area contributed by atoms with Gasteiger partial charge in [-0.2, -0.15) is 0 Å². The molecule has 0 spiro atoms. The Labute approximate surface area is 198 Å². The van der Waals surface area contributed by atoms with Gasteiger partial charge in [-0.25, -0.2) is 0 Å². The summed E-state index contributed by atoms with van der Waals surface area (Å²) in [5, 5.41) is 3.67. The second-order valence-electron chi connectivity index (χ2n) is 8.82. The van der Waals surface area contributed by atoms with E-state index in [1.165, 1.54) is 41.6 Å². The molecule has 4 rings (SSSR count). The van der Waals surface area contributed by atoms with E-state index in [1.807, 2.05) is 6.08 Å². The number of rotatable bonds is 4. The van der Waals surface area contributed by atoms with Crippen molar-refractivity contribution >= 4 is 28.8 Å². The van der Waals surface area contributed by atoms with Crippen molar-refractivity contribution in [3.8, 4) is 0 Å². The highest BCUT2D eigenvalue weighted by Gasteiger charge is 2.27. The monoisotopic (exact) mass is 455 g/mol. The first-order chi connectivity index (χ1) is 16.3. The lowest BCUT2D eigenvalue weighted by Crippen LogP contribution is -2.25. The van der Waals surface area contributed by atoms with E-state index in [2.05, 4.69) is 91.0 Å². The molecule has 170 valence electrons.